The van der Waals surface area contributed by atoms with Gasteiger partial charge in [0.05, 0.1) is 5.60 Å². The van der Waals surface area contributed by atoms with Gasteiger partial charge in [0.15, 0.2) is 0 Å². The molecule has 0 aromatic heterocycles. The average Bonchev–Trinajstić information content (AvgIpc) is 3.00. The number of hydrogen-bond donors (Lipinski definition) is 1. The van der Waals surface area contributed by atoms with E-state index in [1.807, 2.05) is 34.6 Å². The van der Waals surface area contributed by atoms with Gasteiger partial charge in [0.1, 0.15) is 5.78 Å². The lowest BCUT2D eigenvalue weighted by Crippen LogP contribution is -2.51. The van der Waals surface area contributed by atoms with E-state index < -0.39 is 5.60 Å². The van der Waals surface area contributed by atoms with E-state index in [9.17, 15) is 9.90 Å². The molecule has 0 saturated heterocycles. The highest BCUT2D eigenvalue weighted by molar-refractivity contribution is 5.72. The summed E-state index contributed by atoms with van der Waals surface area (Å²) < 4.78 is 0. The zero-order chi connectivity index (χ0) is 23.3. The second-order valence-electron chi connectivity index (χ2n) is 10.8. The van der Waals surface area contributed by atoms with Crippen LogP contribution >= 0.6 is 0 Å². The molecule has 0 amide bonds. The number of carbonyl (C=O) groups is 1. The fourth-order valence-electron chi connectivity index (χ4n) is 7.13. The minimum atomic E-state index is -0.549. The Balaban J connectivity index is 0.000000497. The molecule has 0 heterocycles. The van der Waals surface area contributed by atoms with Crippen molar-refractivity contribution in [2.45, 2.75) is 126 Å². The molecule has 7 atom stereocenters. The Morgan fingerprint density at radius 2 is 1.47 bits per heavy atom. The number of hydrogen-bond acceptors (Lipinski definition) is 2. The van der Waals surface area contributed by atoms with Gasteiger partial charge in [0.25, 0.3) is 0 Å². The first-order valence-electron chi connectivity index (χ1n) is 12.9. The zero-order valence-electron chi connectivity index (χ0n) is 21.9. The first-order valence-corrected chi connectivity index (χ1v) is 12.9. The zero-order valence-corrected chi connectivity index (χ0v) is 21.9. The quantitative estimate of drug-likeness (QED) is 0.403. The minimum absolute atomic E-state index is 0.167. The van der Waals surface area contributed by atoms with Gasteiger partial charge in [0, 0.05) is 0 Å². The van der Waals surface area contributed by atoms with E-state index >= 15 is 0 Å². The lowest BCUT2D eigenvalue weighted by molar-refractivity contribution is -0.114. The number of allylic oxidation sites excluding steroid dienone is 1. The summed E-state index contributed by atoms with van der Waals surface area (Å²) in [7, 11) is 0. The van der Waals surface area contributed by atoms with Crippen LogP contribution in [0, 0.1) is 34.5 Å². The van der Waals surface area contributed by atoms with Gasteiger partial charge in [-0.3, -0.25) is 0 Å². The van der Waals surface area contributed by atoms with Crippen LogP contribution in [-0.4, -0.2) is 16.5 Å². The molecule has 176 valence electrons. The van der Waals surface area contributed by atoms with E-state index in [0.29, 0.717) is 10.8 Å². The predicted octanol–water partition coefficient (Wildman–Crippen LogP) is 7.98. The molecule has 4 rings (SSSR count). The number of rotatable bonds is 0. The summed E-state index contributed by atoms with van der Waals surface area (Å²) in [6, 6.07) is 0. The second-order valence-corrected chi connectivity index (χ2v) is 10.8. The maximum Gasteiger partial charge on any atom is 0.126 e. The van der Waals surface area contributed by atoms with Crippen molar-refractivity contribution in [2.75, 3.05) is 0 Å². The molecule has 0 aromatic rings. The summed E-state index contributed by atoms with van der Waals surface area (Å²) in [4.78, 5) is 9.44. The molecule has 3 saturated carbocycles. The normalized spacial score (nSPS) is 43.5. The third kappa shape index (κ3) is 5.40. The molecule has 4 aliphatic carbocycles. The highest BCUT2D eigenvalue weighted by Gasteiger charge is 2.58. The Kier molecular flexibility index (Phi) is 9.86. The lowest BCUT2D eigenvalue weighted by atomic mass is 9.46. The van der Waals surface area contributed by atoms with Crippen molar-refractivity contribution in [3.05, 3.63) is 11.6 Å². The van der Waals surface area contributed by atoms with Gasteiger partial charge in [0.2, 0.25) is 0 Å². The number of Topliss-reactive ketones (excluding diaryl/α,β-unsaturated/α-hetero) is 1. The lowest BCUT2D eigenvalue weighted by Gasteiger charge is -2.59. The third-order valence-electron chi connectivity index (χ3n) is 8.85. The Morgan fingerprint density at radius 3 is 2.03 bits per heavy atom. The largest absolute Gasteiger partial charge is 0.386 e. The summed E-state index contributed by atoms with van der Waals surface area (Å²) in [6.45, 7) is 20.7. The van der Waals surface area contributed by atoms with E-state index in [1.54, 1.807) is 5.57 Å². The molecule has 4 unspecified atom stereocenters. The van der Waals surface area contributed by atoms with Crippen LogP contribution in [0.2, 0.25) is 0 Å². The van der Waals surface area contributed by atoms with Crippen molar-refractivity contribution in [2.24, 2.45) is 34.5 Å². The molecule has 30 heavy (non-hydrogen) atoms. The van der Waals surface area contributed by atoms with Gasteiger partial charge in [-0.2, -0.15) is 0 Å². The molecule has 0 aliphatic heterocycles. The molecule has 4 aliphatic rings. The predicted molar refractivity (Wildman–Crippen MR) is 131 cm³/mol. The minimum Gasteiger partial charge on any atom is -0.386 e. The highest BCUT2D eigenvalue weighted by atomic mass is 16.3. The van der Waals surface area contributed by atoms with Crippen LogP contribution in [-0.2, 0) is 4.79 Å². The molecule has 0 radical (unpaired) electrons. The number of fused-ring (bicyclic) bond motifs is 5. The second kappa shape index (κ2) is 10.8. The van der Waals surface area contributed by atoms with Crippen LogP contribution in [0.15, 0.2) is 11.6 Å². The van der Waals surface area contributed by atoms with Crippen molar-refractivity contribution >= 4 is 5.78 Å². The van der Waals surface area contributed by atoms with E-state index in [0.717, 1.165) is 30.1 Å². The van der Waals surface area contributed by atoms with Crippen LogP contribution in [0.25, 0.3) is 0 Å². The van der Waals surface area contributed by atoms with Crippen molar-refractivity contribution in [3.8, 4) is 0 Å². The van der Waals surface area contributed by atoms with Gasteiger partial charge < -0.3 is 9.90 Å². The Hall–Kier alpha value is -0.630. The van der Waals surface area contributed by atoms with Gasteiger partial charge >= 0.3 is 0 Å². The Morgan fingerprint density at radius 1 is 0.900 bits per heavy atom. The van der Waals surface area contributed by atoms with Crippen LogP contribution < -0.4 is 0 Å². The highest BCUT2D eigenvalue weighted by Crippen LogP contribution is 2.66. The van der Waals surface area contributed by atoms with E-state index in [1.165, 1.54) is 58.8 Å². The summed E-state index contributed by atoms with van der Waals surface area (Å²) >= 11 is 0. The first kappa shape index (κ1) is 27.4. The number of ketones is 1. The number of carbonyl (C=O) groups excluding carboxylic acids is 1. The third-order valence-corrected chi connectivity index (χ3v) is 8.85. The molecule has 2 nitrogen and oxygen atoms in total. The fraction of sp³-hybridized carbons (Fsp3) is 0.893. The summed E-state index contributed by atoms with van der Waals surface area (Å²) in [6.07, 6.45) is 12.8. The van der Waals surface area contributed by atoms with Crippen molar-refractivity contribution in [1.82, 2.24) is 0 Å². The molecule has 2 heteroatoms. The molecular formula is C28H52O2. The van der Waals surface area contributed by atoms with Crippen LogP contribution in [0.1, 0.15) is 121 Å². The average molecular weight is 421 g/mol. The standard InChI is InChI=1S/C21H34O.C3H6O.2C2H6/c1-14-5-8-17-16-7-6-15-13-19(2,22)11-12-21(15,4)18(16)9-10-20(14,17)3;1-3(2)4;2*1-2/h13-14,16-18,22H,5-12H2,1-4H3;1-2H3;2*1-2H3/t14-,16?,17?,18?,19?,20+,21-;;;/m0.../s1. The maximum absolute atomic E-state index is 10.5. The molecule has 0 spiro atoms. The topological polar surface area (TPSA) is 37.3 Å². The van der Waals surface area contributed by atoms with E-state index in [-0.39, 0.29) is 5.78 Å². The fourth-order valence-corrected chi connectivity index (χ4v) is 7.13. The van der Waals surface area contributed by atoms with Crippen molar-refractivity contribution < 1.29 is 9.90 Å². The van der Waals surface area contributed by atoms with Crippen LogP contribution in [0.3, 0.4) is 0 Å². The summed E-state index contributed by atoms with van der Waals surface area (Å²) in [5, 5.41) is 10.5. The number of aliphatic hydroxyl groups is 1. The molecule has 3 fully saturated rings. The SMILES string of the molecule is CC.CC.CC(C)=O.C[C@H]1CCC2C3CCC4=CC(C)(O)CC[C@]4(C)C3CC[C@@]21C. The summed E-state index contributed by atoms with van der Waals surface area (Å²) in [5.41, 5.74) is 2.06. The van der Waals surface area contributed by atoms with E-state index in [4.69, 9.17) is 0 Å². The smallest absolute Gasteiger partial charge is 0.126 e. The summed E-state index contributed by atoms with van der Waals surface area (Å²) in [5.74, 6) is 3.90. The van der Waals surface area contributed by atoms with Gasteiger partial charge in [-0.05, 0) is 107 Å². The van der Waals surface area contributed by atoms with Gasteiger partial charge in [-0.15, -0.1) is 0 Å². The van der Waals surface area contributed by atoms with Gasteiger partial charge in [-0.25, -0.2) is 0 Å². The molecular weight excluding hydrogens is 368 g/mol. The monoisotopic (exact) mass is 420 g/mol. The first-order chi connectivity index (χ1) is 14.0. The van der Waals surface area contributed by atoms with Crippen LogP contribution in [0.5, 0.6) is 0 Å². The molecule has 0 bridgehead atoms. The van der Waals surface area contributed by atoms with Crippen LogP contribution in [0.4, 0.5) is 0 Å². The Labute approximate surface area is 188 Å². The van der Waals surface area contributed by atoms with Crippen molar-refractivity contribution in [3.63, 3.8) is 0 Å². The maximum atomic E-state index is 10.5. The Bertz CT molecular complexity index is 585. The van der Waals surface area contributed by atoms with Crippen molar-refractivity contribution in [1.29, 1.82) is 0 Å². The van der Waals surface area contributed by atoms with E-state index in [2.05, 4.69) is 26.8 Å². The molecule has 1 N–H and O–H groups in total. The van der Waals surface area contributed by atoms with Gasteiger partial charge in [-0.1, -0.05) is 60.1 Å². The molecule has 0 aromatic carbocycles.